The second-order valence-electron chi connectivity index (χ2n) is 4.38. The summed E-state index contributed by atoms with van der Waals surface area (Å²) in [5.74, 6) is 1.48. The summed E-state index contributed by atoms with van der Waals surface area (Å²) in [4.78, 5) is 0. The number of hydrogen-bond donors (Lipinski definition) is 1. The highest BCUT2D eigenvalue weighted by Gasteiger charge is 2.01. The third kappa shape index (κ3) is 4.07. The highest BCUT2D eigenvalue weighted by Crippen LogP contribution is 2.24. The molecule has 0 saturated heterocycles. The van der Waals surface area contributed by atoms with Crippen molar-refractivity contribution in [2.45, 2.75) is 13.3 Å². The molecule has 0 spiro atoms. The topological polar surface area (TPSA) is 44.5 Å². The predicted octanol–water partition coefficient (Wildman–Crippen LogP) is 3.94. The number of anilines is 1. The Labute approximate surface area is 124 Å². The highest BCUT2D eigenvalue weighted by molar-refractivity contribution is 6.30. The van der Waals surface area contributed by atoms with Crippen LogP contribution in [-0.2, 0) is 6.42 Å². The van der Waals surface area contributed by atoms with Gasteiger partial charge >= 0.3 is 0 Å². The van der Waals surface area contributed by atoms with Gasteiger partial charge in [0, 0.05) is 5.02 Å². The van der Waals surface area contributed by atoms with Gasteiger partial charge in [-0.1, -0.05) is 30.7 Å². The summed E-state index contributed by atoms with van der Waals surface area (Å²) < 4.78 is 11.2. The third-order valence-electron chi connectivity index (χ3n) is 2.89. The van der Waals surface area contributed by atoms with Crippen molar-refractivity contribution < 1.29 is 9.47 Å². The largest absolute Gasteiger partial charge is 0.490 e. The number of nitrogens with two attached hydrogens (primary N) is 1. The fourth-order valence-electron chi connectivity index (χ4n) is 1.82. The molecular weight excluding hydrogens is 274 g/mol. The molecule has 2 rings (SSSR count). The average molecular weight is 292 g/mol. The van der Waals surface area contributed by atoms with Crippen molar-refractivity contribution in [3.63, 3.8) is 0 Å². The van der Waals surface area contributed by atoms with Crippen molar-refractivity contribution >= 4 is 17.3 Å². The van der Waals surface area contributed by atoms with Gasteiger partial charge in [-0.2, -0.15) is 0 Å². The lowest BCUT2D eigenvalue weighted by molar-refractivity contribution is 0.218. The number of ether oxygens (including phenoxy) is 2. The van der Waals surface area contributed by atoms with E-state index >= 15 is 0 Å². The fourth-order valence-corrected chi connectivity index (χ4v) is 2.00. The molecule has 0 radical (unpaired) electrons. The number of halogens is 1. The van der Waals surface area contributed by atoms with Crippen LogP contribution in [0.2, 0.25) is 5.02 Å². The first-order valence-electron chi connectivity index (χ1n) is 6.58. The summed E-state index contributed by atoms with van der Waals surface area (Å²) in [5.41, 5.74) is 7.59. The molecule has 2 aromatic rings. The molecule has 0 saturated carbocycles. The van der Waals surface area contributed by atoms with Crippen molar-refractivity contribution in [1.82, 2.24) is 0 Å². The molecule has 20 heavy (non-hydrogen) atoms. The van der Waals surface area contributed by atoms with Crippen LogP contribution in [0.1, 0.15) is 12.5 Å². The minimum Gasteiger partial charge on any atom is -0.490 e. The minimum absolute atomic E-state index is 0.433. The summed E-state index contributed by atoms with van der Waals surface area (Å²) in [6.45, 7) is 3.02. The van der Waals surface area contributed by atoms with E-state index in [0.29, 0.717) is 29.7 Å². The molecule has 0 heterocycles. The molecule has 0 aliphatic rings. The van der Waals surface area contributed by atoms with E-state index in [-0.39, 0.29) is 0 Å². The summed E-state index contributed by atoms with van der Waals surface area (Å²) in [5, 5.41) is 0.600. The van der Waals surface area contributed by atoms with E-state index in [1.807, 2.05) is 18.2 Å². The summed E-state index contributed by atoms with van der Waals surface area (Å²) in [7, 11) is 0. The van der Waals surface area contributed by atoms with Gasteiger partial charge in [-0.3, -0.25) is 0 Å². The van der Waals surface area contributed by atoms with Gasteiger partial charge in [0.25, 0.3) is 0 Å². The molecule has 0 aliphatic heterocycles. The quantitative estimate of drug-likeness (QED) is 0.647. The van der Waals surface area contributed by atoms with Gasteiger partial charge in [0.05, 0.1) is 5.69 Å². The van der Waals surface area contributed by atoms with Crippen LogP contribution in [0.25, 0.3) is 0 Å². The van der Waals surface area contributed by atoms with E-state index < -0.39 is 0 Å². The molecule has 0 fully saturated rings. The molecule has 0 atom stereocenters. The normalized spacial score (nSPS) is 10.3. The zero-order valence-corrected chi connectivity index (χ0v) is 12.2. The van der Waals surface area contributed by atoms with Gasteiger partial charge in [-0.05, 0) is 42.3 Å². The molecular formula is C16H18ClNO2. The molecule has 0 amide bonds. The Balaban J connectivity index is 1.81. The molecule has 2 aromatic carbocycles. The smallest absolute Gasteiger partial charge is 0.142 e. The van der Waals surface area contributed by atoms with Crippen molar-refractivity contribution in [2.75, 3.05) is 18.9 Å². The zero-order chi connectivity index (χ0) is 14.4. The van der Waals surface area contributed by atoms with Crippen LogP contribution in [0.3, 0.4) is 0 Å². The molecule has 3 nitrogen and oxygen atoms in total. The lowest BCUT2D eigenvalue weighted by Crippen LogP contribution is -2.10. The van der Waals surface area contributed by atoms with Gasteiger partial charge in [-0.15, -0.1) is 0 Å². The second kappa shape index (κ2) is 7.06. The van der Waals surface area contributed by atoms with E-state index in [0.717, 1.165) is 12.2 Å². The maximum Gasteiger partial charge on any atom is 0.142 e. The first-order chi connectivity index (χ1) is 9.69. The van der Waals surface area contributed by atoms with Gasteiger partial charge < -0.3 is 15.2 Å². The second-order valence-corrected chi connectivity index (χ2v) is 4.82. The molecule has 0 bridgehead atoms. The predicted molar refractivity (Wildman–Crippen MR) is 82.7 cm³/mol. The van der Waals surface area contributed by atoms with E-state index in [9.17, 15) is 0 Å². The number of rotatable bonds is 6. The van der Waals surface area contributed by atoms with Crippen LogP contribution in [-0.4, -0.2) is 13.2 Å². The van der Waals surface area contributed by atoms with Crippen LogP contribution in [0.15, 0.2) is 42.5 Å². The Hall–Kier alpha value is -1.87. The van der Waals surface area contributed by atoms with Crippen molar-refractivity contribution in [1.29, 1.82) is 0 Å². The third-order valence-corrected chi connectivity index (χ3v) is 3.12. The molecule has 0 unspecified atom stereocenters. The Morgan fingerprint density at radius 2 is 1.85 bits per heavy atom. The van der Waals surface area contributed by atoms with Gasteiger partial charge in [0.1, 0.15) is 24.7 Å². The highest BCUT2D eigenvalue weighted by atomic mass is 35.5. The lowest BCUT2D eigenvalue weighted by atomic mass is 10.2. The fraction of sp³-hybridized carbons (Fsp3) is 0.250. The van der Waals surface area contributed by atoms with Crippen LogP contribution >= 0.6 is 11.6 Å². The minimum atomic E-state index is 0.433. The maximum absolute atomic E-state index is 5.83. The monoisotopic (exact) mass is 291 g/mol. The first kappa shape index (κ1) is 14.5. The van der Waals surface area contributed by atoms with E-state index in [1.165, 1.54) is 5.56 Å². The van der Waals surface area contributed by atoms with Crippen LogP contribution in [0, 0.1) is 0 Å². The van der Waals surface area contributed by atoms with E-state index in [4.69, 9.17) is 26.8 Å². The average Bonchev–Trinajstić information content (AvgIpc) is 2.45. The molecule has 2 N–H and O–H groups in total. The SMILES string of the molecule is CCc1cccc(OCCOc2ccc(Cl)cc2N)c1. The molecule has 106 valence electrons. The van der Waals surface area contributed by atoms with Crippen molar-refractivity contribution in [3.05, 3.63) is 53.1 Å². The lowest BCUT2D eigenvalue weighted by Gasteiger charge is -2.10. The first-order valence-corrected chi connectivity index (χ1v) is 6.96. The maximum atomic E-state index is 5.83. The Kier molecular flexibility index (Phi) is 5.13. The zero-order valence-electron chi connectivity index (χ0n) is 11.4. The Morgan fingerprint density at radius 1 is 1.05 bits per heavy atom. The number of aryl methyl sites for hydroxylation is 1. The summed E-state index contributed by atoms with van der Waals surface area (Å²) in [6, 6.07) is 13.2. The Bertz CT molecular complexity index is 572. The van der Waals surface area contributed by atoms with Crippen molar-refractivity contribution in [3.8, 4) is 11.5 Å². The summed E-state index contributed by atoms with van der Waals surface area (Å²) in [6.07, 6.45) is 0.995. The molecule has 0 aromatic heterocycles. The van der Waals surface area contributed by atoms with Gasteiger partial charge in [0.2, 0.25) is 0 Å². The van der Waals surface area contributed by atoms with E-state index in [2.05, 4.69) is 13.0 Å². The van der Waals surface area contributed by atoms with E-state index in [1.54, 1.807) is 18.2 Å². The number of nitrogen functional groups attached to an aromatic ring is 1. The Morgan fingerprint density at radius 3 is 2.60 bits per heavy atom. The molecule has 0 aliphatic carbocycles. The van der Waals surface area contributed by atoms with Crippen LogP contribution < -0.4 is 15.2 Å². The number of hydrogen-bond acceptors (Lipinski definition) is 3. The van der Waals surface area contributed by atoms with Crippen LogP contribution in [0.4, 0.5) is 5.69 Å². The standard InChI is InChI=1S/C16H18ClNO2/c1-2-12-4-3-5-14(10-12)19-8-9-20-16-7-6-13(17)11-15(16)18/h3-7,10-11H,2,8-9,18H2,1H3. The molecule has 4 heteroatoms. The summed E-state index contributed by atoms with van der Waals surface area (Å²) >= 11 is 5.83. The van der Waals surface area contributed by atoms with Gasteiger partial charge in [-0.25, -0.2) is 0 Å². The van der Waals surface area contributed by atoms with Crippen molar-refractivity contribution in [2.24, 2.45) is 0 Å². The van der Waals surface area contributed by atoms with Gasteiger partial charge in [0.15, 0.2) is 0 Å². The van der Waals surface area contributed by atoms with Crippen LogP contribution in [0.5, 0.6) is 11.5 Å². The number of benzene rings is 2.